The van der Waals surface area contributed by atoms with E-state index < -0.39 is 5.97 Å². The first-order valence-electron chi connectivity index (χ1n) is 6.98. The number of aromatic nitrogens is 3. The highest BCUT2D eigenvalue weighted by atomic mass is 16.5. The topological polar surface area (TPSA) is 86.1 Å². The molecule has 0 fully saturated rings. The molecule has 3 aromatic rings. The maximum Gasteiger partial charge on any atom is 0.333 e. The average Bonchev–Trinajstić information content (AvgIpc) is 2.92. The normalized spacial score (nSPS) is 10.5. The maximum absolute atomic E-state index is 12.0. The molecule has 1 heterocycles. The van der Waals surface area contributed by atoms with Crippen LogP contribution in [0, 0.1) is 0 Å². The molecule has 0 aliphatic rings. The molecule has 116 valence electrons. The van der Waals surface area contributed by atoms with E-state index in [1.54, 1.807) is 24.3 Å². The zero-order chi connectivity index (χ0) is 16.2. The van der Waals surface area contributed by atoms with Gasteiger partial charge in [-0.25, -0.2) is 9.48 Å². The van der Waals surface area contributed by atoms with Crippen LogP contribution in [0.2, 0.25) is 0 Å². The van der Waals surface area contributed by atoms with Crippen LogP contribution in [-0.2, 0) is 16.1 Å². The molecule has 0 saturated heterocycles. The van der Waals surface area contributed by atoms with Crippen molar-refractivity contribution in [2.75, 3.05) is 5.32 Å². The van der Waals surface area contributed by atoms with Gasteiger partial charge < -0.3 is 10.1 Å². The lowest BCUT2D eigenvalue weighted by Gasteiger charge is -2.06. The van der Waals surface area contributed by atoms with Crippen LogP contribution >= 0.6 is 0 Å². The molecule has 23 heavy (non-hydrogen) atoms. The van der Waals surface area contributed by atoms with Crippen molar-refractivity contribution in [2.24, 2.45) is 0 Å². The van der Waals surface area contributed by atoms with E-state index in [1.807, 2.05) is 24.3 Å². The molecule has 3 rings (SSSR count). The van der Waals surface area contributed by atoms with E-state index in [1.165, 1.54) is 11.6 Å². The first-order chi connectivity index (χ1) is 11.1. The van der Waals surface area contributed by atoms with Crippen LogP contribution in [0.1, 0.15) is 6.92 Å². The van der Waals surface area contributed by atoms with Gasteiger partial charge in [0, 0.05) is 12.6 Å². The molecule has 0 aliphatic carbocycles. The highest BCUT2D eigenvalue weighted by molar-refractivity contribution is 5.88. The van der Waals surface area contributed by atoms with Crippen LogP contribution in [0.4, 0.5) is 5.69 Å². The van der Waals surface area contributed by atoms with Crippen molar-refractivity contribution in [3.63, 3.8) is 0 Å². The molecule has 1 amide bonds. The van der Waals surface area contributed by atoms with Crippen molar-refractivity contribution >= 4 is 28.6 Å². The minimum Gasteiger partial charge on any atom is -0.425 e. The maximum atomic E-state index is 12.0. The fourth-order valence-corrected chi connectivity index (χ4v) is 2.13. The molecule has 0 unspecified atom stereocenters. The number of nitrogens with zero attached hydrogens (tertiary/aromatic N) is 3. The summed E-state index contributed by atoms with van der Waals surface area (Å²) in [4.78, 5) is 23.0. The highest BCUT2D eigenvalue weighted by Crippen LogP contribution is 2.16. The lowest BCUT2D eigenvalue weighted by molar-refractivity contribution is -0.135. The summed E-state index contributed by atoms with van der Waals surface area (Å²) in [7, 11) is 0. The third-order valence-corrected chi connectivity index (χ3v) is 3.11. The minimum absolute atomic E-state index is 0.0338. The van der Waals surface area contributed by atoms with Crippen LogP contribution in [0.3, 0.4) is 0 Å². The molecule has 7 nitrogen and oxygen atoms in total. The number of ether oxygens (including phenoxy) is 1. The van der Waals surface area contributed by atoms with Gasteiger partial charge in [0.1, 0.15) is 17.8 Å². The zero-order valence-corrected chi connectivity index (χ0v) is 12.4. The number of rotatable bonds is 4. The van der Waals surface area contributed by atoms with Crippen molar-refractivity contribution in [2.45, 2.75) is 13.5 Å². The van der Waals surface area contributed by atoms with Gasteiger partial charge in [-0.2, -0.15) is 0 Å². The van der Waals surface area contributed by atoms with Gasteiger partial charge in [-0.15, -0.1) is 5.10 Å². The van der Waals surface area contributed by atoms with E-state index in [-0.39, 0.29) is 12.5 Å². The molecule has 7 heteroatoms. The number of amides is 1. The molecule has 0 atom stereocenters. The summed E-state index contributed by atoms with van der Waals surface area (Å²) in [5.41, 5.74) is 2.13. The van der Waals surface area contributed by atoms with Gasteiger partial charge in [0.25, 0.3) is 0 Å². The molecule has 0 spiro atoms. The Labute approximate surface area is 131 Å². The minimum atomic E-state index is -0.451. The second-order valence-corrected chi connectivity index (χ2v) is 4.92. The van der Waals surface area contributed by atoms with Gasteiger partial charge in [-0.1, -0.05) is 17.3 Å². The quantitative estimate of drug-likeness (QED) is 0.588. The van der Waals surface area contributed by atoms with E-state index in [0.717, 1.165) is 11.0 Å². The average molecular weight is 310 g/mol. The van der Waals surface area contributed by atoms with Crippen molar-refractivity contribution in [1.29, 1.82) is 0 Å². The molecular weight excluding hydrogens is 296 g/mol. The Balaban J connectivity index is 1.66. The van der Waals surface area contributed by atoms with Crippen molar-refractivity contribution in [1.82, 2.24) is 15.0 Å². The van der Waals surface area contributed by atoms with Crippen LogP contribution in [0.5, 0.6) is 5.75 Å². The monoisotopic (exact) mass is 310 g/mol. The SMILES string of the molecule is CC(=O)Nc1ccc(OC(=O)Cn2nnc3ccccc32)cc1. The van der Waals surface area contributed by atoms with E-state index in [4.69, 9.17) is 4.74 Å². The summed E-state index contributed by atoms with van der Waals surface area (Å²) in [5, 5.41) is 10.6. The van der Waals surface area contributed by atoms with Crippen LogP contribution in [-0.4, -0.2) is 26.9 Å². The summed E-state index contributed by atoms with van der Waals surface area (Å²) in [5.74, 6) is -0.214. The van der Waals surface area contributed by atoms with Crippen molar-refractivity contribution < 1.29 is 14.3 Å². The Morgan fingerprint density at radius 3 is 2.61 bits per heavy atom. The smallest absolute Gasteiger partial charge is 0.333 e. The Morgan fingerprint density at radius 1 is 1.13 bits per heavy atom. The van der Waals surface area contributed by atoms with Crippen molar-refractivity contribution in [3.05, 3.63) is 48.5 Å². The van der Waals surface area contributed by atoms with E-state index in [9.17, 15) is 9.59 Å². The summed E-state index contributed by atoms with van der Waals surface area (Å²) in [6, 6.07) is 13.9. The third kappa shape index (κ3) is 3.52. The number of benzene rings is 2. The number of fused-ring (bicyclic) bond motifs is 1. The zero-order valence-electron chi connectivity index (χ0n) is 12.4. The van der Waals surface area contributed by atoms with E-state index in [2.05, 4.69) is 15.6 Å². The molecule has 2 aromatic carbocycles. The lowest BCUT2D eigenvalue weighted by atomic mass is 10.3. The predicted octanol–water partition coefficient (Wildman–Crippen LogP) is 2.00. The number of carbonyl (C=O) groups is 2. The lowest BCUT2D eigenvalue weighted by Crippen LogP contribution is -2.17. The molecular formula is C16H14N4O3. The molecule has 0 radical (unpaired) electrons. The number of carbonyl (C=O) groups excluding carboxylic acids is 2. The Bertz CT molecular complexity index is 855. The number of hydrogen-bond donors (Lipinski definition) is 1. The highest BCUT2D eigenvalue weighted by Gasteiger charge is 2.10. The first kappa shape index (κ1) is 14.7. The summed E-state index contributed by atoms with van der Waals surface area (Å²) >= 11 is 0. The Morgan fingerprint density at radius 2 is 1.87 bits per heavy atom. The Hall–Kier alpha value is -3.22. The Kier molecular flexibility index (Phi) is 4.01. The third-order valence-electron chi connectivity index (χ3n) is 3.11. The summed E-state index contributed by atoms with van der Waals surface area (Å²) < 4.78 is 6.75. The molecule has 1 N–H and O–H groups in total. The van der Waals surface area contributed by atoms with Gasteiger partial charge in [0.2, 0.25) is 5.91 Å². The number of hydrogen-bond acceptors (Lipinski definition) is 5. The summed E-state index contributed by atoms with van der Waals surface area (Å²) in [6.45, 7) is 1.39. The van der Waals surface area contributed by atoms with Crippen molar-refractivity contribution in [3.8, 4) is 5.75 Å². The van der Waals surface area contributed by atoms with E-state index in [0.29, 0.717) is 11.4 Å². The van der Waals surface area contributed by atoms with Gasteiger partial charge in [0.05, 0.1) is 5.52 Å². The van der Waals surface area contributed by atoms with Crippen LogP contribution in [0.25, 0.3) is 11.0 Å². The number of esters is 1. The standard InChI is InChI=1S/C16H14N4O3/c1-11(21)17-12-6-8-13(9-7-12)23-16(22)10-20-15-5-3-2-4-14(15)18-19-20/h2-9H,10H2,1H3,(H,17,21). The summed E-state index contributed by atoms with van der Waals surface area (Å²) in [6.07, 6.45) is 0. The van der Waals surface area contributed by atoms with E-state index >= 15 is 0 Å². The molecule has 0 saturated carbocycles. The number of nitrogens with one attached hydrogen (secondary N) is 1. The predicted molar refractivity (Wildman–Crippen MR) is 83.9 cm³/mol. The second-order valence-electron chi connectivity index (χ2n) is 4.92. The fraction of sp³-hybridized carbons (Fsp3) is 0.125. The van der Waals surface area contributed by atoms with Crippen LogP contribution < -0.4 is 10.1 Å². The fourth-order valence-electron chi connectivity index (χ4n) is 2.13. The van der Waals surface area contributed by atoms with Gasteiger partial charge in [0.15, 0.2) is 0 Å². The molecule has 1 aromatic heterocycles. The molecule has 0 aliphatic heterocycles. The first-order valence-corrected chi connectivity index (χ1v) is 6.98. The molecule has 0 bridgehead atoms. The van der Waals surface area contributed by atoms with Gasteiger partial charge in [-0.3, -0.25) is 4.79 Å². The second kappa shape index (κ2) is 6.27. The van der Waals surface area contributed by atoms with Gasteiger partial charge in [-0.05, 0) is 36.4 Å². The van der Waals surface area contributed by atoms with Gasteiger partial charge >= 0.3 is 5.97 Å². The number of anilines is 1. The van der Waals surface area contributed by atoms with Crippen LogP contribution in [0.15, 0.2) is 48.5 Å². The largest absolute Gasteiger partial charge is 0.425 e. The number of para-hydroxylation sites is 1.